The van der Waals surface area contributed by atoms with Gasteiger partial charge in [-0.1, -0.05) is 16.8 Å². The molecule has 1 aromatic heterocycles. The van der Waals surface area contributed by atoms with Crippen LogP contribution in [-0.2, 0) is 0 Å². The Kier molecular flexibility index (Phi) is 5.12. The van der Waals surface area contributed by atoms with E-state index in [2.05, 4.69) is 20.8 Å². The van der Waals surface area contributed by atoms with Gasteiger partial charge in [0, 0.05) is 31.1 Å². The van der Waals surface area contributed by atoms with Gasteiger partial charge in [-0.05, 0) is 18.9 Å². The highest BCUT2D eigenvalue weighted by atomic mass is 35.5. The number of carbonyl (C=O) groups is 2. The fraction of sp³-hybridized carbons (Fsp3) is 0.333. The third-order valence-corrected chi connectivity index (χ3v) is 4.01. The zero-order valence-electron chi connectivity index (χ0n) is 13.4. The summed E-state index contributed by atoms with van der Waals surface area (Å²) in [5.41, 5.74) is -0.256. The number of rotatable bonds is 7. The van der Waals surface area contributed by atoms with Crippen LogP contribution in [0.3, 0.4) is 0 Å². The summed E-state index contributed by atoms with van der Waals surface area (Å²) in [7, 11) is 0. The number of amides is 2. The molecular formula is C15H14ClN5O5. The maximum atomic E-state index is 12.1. The Morgan fingerprint density at radius 1 is 1.27 bits per heavy atom. The van der Waals surface area contributed by atoms with E-state index in [1.807, 2.05) is 0 Å². The van der Waals surface area contributed by atoms with Crippen molar-refractivity contribution in [3.05, 3.63) is 50.6 Å². The molecule has 0 saturated heterocycles. The molecular weight excluding hydrogens is 366 g/mol. The Morgan fingerprint density at radius 2 is 1.96 bits per heavy atom. The molecule has 1 fully saturated rings. The monoisotopic (exact) mass is 379 g/mol. The Hall–Kier alpha value is -3.01. The molecule has 0 unspecified atom stereocenters. The zero-order chi connectivity index (χ0) is 18.7. The fourth-order valence-electron chi connectivity index (χ4n) is 2.16. The van der Waals surface area contributed by atoms with E-state index in [0.717, 1.165) is 18.9 Å². The van der Waals surface area contributed by atoms with Gasteiger partial charge < -0.3 is 15.2 Å². The number of nitrogens with zero attached hydrogens (tertiary/aromatic N) is 3. The van der Waals surface area contributed by atoms with E-state index in [1.54, 1.807) is 0 Å². The first kappa shape index (κ1) is 17.8. The van der Waals surface area contributed by atoms with Crippen LogP contribution in [0.1, 0.15) is 45.6 Å². The van der Waals surface area contributed by atoms with Gasteiger partial charge in [-0.15, -0.1) is 0 Å². The lowest BCUT2D eigenvalue weighted by atomic mass is 10.2. The number of nitro benzene ring substituents is 1. The van der Waals surface area contributed by atoms with Gasteiger partial charge in [0.25, 0.3) is 11.6 Å². The molecule has 26 heavy (non-hydrogen) atoms. The van der Waals surface area contributed by atoms with Crippen molar-refractivity contribution in [3.8, 4) is 0 Å². The van der Waals surface area contributed by atoms with E-state index in [4.69, 9.17) is 16.1 Å². The van der Waals surface area contributed by atoms with Crippen molar-refractivity contribution in [2.24, 2.45) is 0 Å². The van der Waals surface area contributed by atoms with E-state index < -0.39 is 16.7 Å². The first-order valence-electron chi connectivity index (χ1n) is 7.79. The van der Waals surface area contributed by atoms with Gasteiger partial charge in [0.05, 0.1) is 15.5 Å². The van der Waals surface area contributed by atoms with Gasteiger partial charge in [0.15, 0.2) is 5.82 Å². The molecule has 1 aromatic carbocycles. The number of nitro groups is 1. The normalized spacial score (nSPS) is 13.3. The first-order chi connectivity index (χ1) is 12.5. The van der Waals surface area contributed by atoms with Gasteiger partial charge in [0.1, 0.15) is 0 Å². The van der Waals surface area contributed by atoms with Crippen LogP contribution < -0.4 is 10.6 Å². The number of carbonyl (C=O) groups excluding carboxylic acids is 2. The molecule has 3 rings (SSSR count). The second-order valence-corrected chi connectivity index (χ2v) is 6.07. The Labute approximate surface area is 152 Å². The van der Waals surface area contributed by atoms with Crippen LogP contribution in [-0.4, -0.2) is 40.0 Å². The molecule has 1 aliphatic rings. The van der Waals surface area contributed by atoms with Crippen molar-refractivity contribution in [2.75, 3.05) is 13.1 Å². The predicted octanol–water partition coefficient (Wildman–Crippen LogP) is 1.67. The molecule has 2 aromatic rings. The lowest BCUT2D eigenvalue weighted by Crippen LogP contribution is -2.35. The summed E-state index contributed by atoms with van der Waals surface area (Å²) in [6, 6.07) is 3.58. The maximum absolute atomic E-state index is 12.1. The molecule has 1 aliphatic carbocycles. The van der Waals surface area contributed by atoms with Crippen molar-refractivity contribution in [2.45, 2.75) is 18.8 Å². The average molecular weight is 380 g/mol. The summed E-state index contributed by atoms with van der Waals surface area (Å²) in [5.74, 6) is -0.434. The number of aromatic nitrogens is 2. The smallest absolute Gasteiger partial charge is 0.315 e. The molecule has 136 valence electrons. The number of hydrogen-bond donors (Lipinski definition) is 2. The number of benzene rings is 1. The minimum Gasteiger partial charge on any atom is -0.350 e. The first-order valence-corrected chi connectivity index (χ1v) is 8.17. The van der Waals surface area contributed by atoms with E-state index in [0.29, 0.717) is 5.82 Å². The van der Waals surface area contributed by atoms with E-state index in [1.165, 1.54) is 12.1 Å². The SMILES string of the molecule is O=C(NCCNC(=O)c1cc([N+](=O)[O-])ccc1Cl)c1nc(C2CC2)no1. The summed E-state index contributed by atoms with van der Waals surface area (Å²) in [6.45, 7) is 0.200. The summed E-state index contributed by atoms with van der Waals surface area (Å²) in [4.78, 5) is 38.1. The quantitative estimate of drug-likeness (QED) is 0.423. The molecule has 1 heterocycles. The van der Waals surface area contributed by atoms with Crippen LogP contribution in [0.25, 0.3) is 0 Å². The lowest BCUT2D eigenvalue weighted by molar-refractivity contribution is -0.384. The van der Waals surface area contributed by atoms with Crippen molar-refractivity contribution in [1.82, 2.24) is 20.8 Å². The fourth-order valence-corrected chi connectivity index (χ4v) is 2.36. The summed E-state index contributed by atoms with van der Waals surface area (Å²) < 4.78 is 4.88. The number of halogens is 1. The highest BCUT2D eigenvalue weighted by Crippen LogP contribution is 2.38. The number of hydrogen-bond acceptors (Lipinski definition) is 7. The van der Waals surface area contributed by atoms with Crippen molar-refractivity contribution in [1.29, 1.82) is 0 Å². The largest absolute Gasteiger partial charge is 0.350 e. The topological polar surface area (TPSA) is 140 Å². The molecule has 1 saturated carbocycles. The zero-order valence-corrected chi connectivity index (χ0v) is 14.2. The summed E-state index contributed by atoms with van der Waals surface area (Å²) in [6.07, 6.45) is 1.99. The Morgan fingerprint density at radius 3 is 2.62 bits per heavy atom. The van der Waals surface area contributed by atoms with Crippen LogP contribution in [0, 0.1) is 10.1 Å². The minimum atomic E-state index is -0.617. The lowest BCUT2D eigenvalue weighted by Gasteiger charge is -2.07. The van der Waals surface area contributed by atoms with Crippen LogP contribution in [0.15, 0.2) is 22.7 Å². The van der Waals surface area contributed by atoms with Gasteiger partial charge in [-0.2, -0.15) is 4.98 Å². The van der Waals surface area contributed by atoms with E-state index in [-0.39, 0.29) is 41.2 Å². The molecule has 0 atom stereocenters. The third-order valence-electron chi connectivity index (χ3n) is 3.68. The maximum Gasteiger partial charge on any atom is 0.315 e. The van der Waals surface area contributed by atoms with Crippen LogP contribution in [0.2, 0.25) is 5.02 Å². The molecule has 0 spiro atoms. The standard InChI is InChI=1S/C15H14ClN5O5/c16-11-4-3-9(21(24)25)7-10(11)13(22)17-5-6-18-14(23)15-19-12(20-26-15)8-1-2-8/h3-4,7-8H,1-2,5-6H2,(H,17,22)(H,18,23). The second-order valence-electron chi connectivity index (χ2n) is 5.67. The molecule has 11 heteroatoms. The van der Waals surface area contributed by atoms with Gasteiger partial charge in [0.2, 0.25) is 0 Å². The van der Waals surface area contributed by atoms with Crippen LogP contribution >= 0.6 is 11.6 Å². The van der Waals surface area contributed by atoms with Gasteiger partial charge in [-0.3, -0.25) is 19.7 Å². The van der Waals surface area contributed by atoms with Gasteiger partial charge in [-0.25, -0.2) is 0 Å². The van der Waals surface area contributed by atoms with Crippen molar-refractivity contribution in [3.63, 3.8) is 0 Å². The molecule has 0 bridgehead atoms. The summed E-state index contributed by atoms with van der Waals surface area (Å²) >= 11 is 5.89. The summed E-state index contributed by atoms with van der Waals surface area (Å²) in [5, 5.41) is 19.7. The molecule has 0 aliphatic heterocycles. The van der Waals surface area contributed by atoms with Crippen molar-refractivity contribution < 1.29 is 19.0 Å². The van der Waals surface area contributed by atoms with Crippen molar-refractivity contribution >= 4 is 29.1 Å². The van der Waals surface area contributed by atoms with Crippen LogP contribution in [0.5, 0.6) is 0 Å². The average Bonchev–Trinajstić information content (AvgIpc) is 3.35. The number of nitrogens with one attached hydrogen (secondary N) is 2. The number of non-ortho nitro benzene ring substituents is 1. The Balaban J connectivity index is 1.48. The van der Waals surface area contributed by atoms with E-state index >= 15 is 0 Å². The molecule has 2 N–H and O–H groups in total. The molecule has 0 radical (unpaired) electrons. The molecule has 2 amide bonds. The van der Waals surface area contributed by atoms with Gasteiger partial charge >= 0.3 is 11.8 Å². The molecule has 10 nitrogen and oxygen atoms in total. The highest BCUT2D eigenvalue weighted by Gasteiger charge is 2.29. The second kappa shape index (κ2) is 7.48. The highest BCUT2D eigenvalue weighted by molar-refractivity contribution is 6.33. The third kappa shape index (κ3) is 4.14. The predicted molar refractivity (Wildman–Crippen MR) is 89.0 cm³/mol. The van der Waals surface area contributed by atoms with E-state index in [9.17, 15) is 19.7 Å². The minimum absolute atomic E-state index is 0.0156. The Bertz CT molecular complexity index is 864. The van der Waals surface area contributed by atoms with Crippen LogP contribution in [0.4, 0.5) is 5.69 Å².